The third-order valence-corrected chi connectivity index (χ3v) is 3.60. The van der Waals surface area contributed by atoms with Crippen LogP contribution in [0.3, 0.4) is 0 Å². The fourth-order valence-corrected chi connectivity index (χ4v) is 2.48. The summed E-state index contributed by atoms with van der Waals surface area (Å²) in [6.45, 7) is 3.02. The van der Waals surface area contributed by atoms with Crippen molar-refractivity contribution < 1.29 is 9.50 Å². The lowest BCUT2D eigenvalue weighted by Crippen LogP contribution is -2.33. The van der Waals surface area contributed by atoms with Gasteiger partial charge in [-0.05, 0) is 44.3 Å². The van der Waals surface area contributed by atoms with E-state index < -0.39 is 0 Å². The van der Waals surface area contributed by atoms with Gasteiger partial charge in [-0.2, -0.15) is 0 Å². The zero-order valence-corrected chi connectivity index (χ0v) is 10.1. The van der Waals surface area contributed by atoms with E-state index in [9.17, 15) is 4.39 Å². The number of aliphatic hydroxyl groups is 1. The Hall–Kier alpha value is -0.930. The third-order valence-electron chi connectivity index (χ3n) is 3.60. The first-order chi connectivity index (χ1) is 8.29. The van der Waals surface area contributed by atoms with Gasteiger partial charge in [-0.25, -0.2) is 4.39 Å². The van der Waals surface area contributed by atoms with Crippen LogP contribution in [0.4, 0.5) is 4.39 Å². The van der Waals surface area contributed by atoms with Crippen LogP contribution in [-0.4, -0.2) is 29.7 Å². The van der Waals surface area contributed by atoms with Gasteiger partial charge in [0.2, 0.25) is 0 Å². The van der Waals surface area contributed by atoms with Crippen LogP contribution in [0.2, 0.25) is 0 Å². The number of aliphatic hydroxyl groups excluding tert-OH is 1. The average Bonchev–Trinajstić information content (AvgIpc) is 2.35. The molecule has 0 amide bonds. The first-order valence-corrected chi connectivity index (χ1v) is 6.36. The van der Waals surface area contributed by atoms with Crippen LogP contribution >= 0.6 is 0 Å². The lowest BCUT2D eigenvalue weighted by Gasteiger charge is -2.31. The predicted octanol–water partition coefficient (Wildman–Crippen LogP) is 2.42. The largest absolute Gasteiger partial charge is 0.396 e. The van der Waals surface area contributed by atoms with E-state index in [-0.39, 0.29) is 12.4 Å². The van der Waals surface area contributed by atoms with Crippen LogP contribution in [0.15, 0.2) is 24.3 Å². The van der Waals surface area contributed by atoms with Crippen molar-refractivity contribution in [2.45, 2.75) is 25.8 Å². The number of nitrogens with zero attached hydrogens (tertiary/aromatic N) is 1. The Bertz CT molecular complexity index is 348. The summed E-state index contributed by atoms with van der Waals surface area (Å²) in [5.41, 5.74) is 0.785. The summed E-state index contributed by atoms with van der Waals surface area (Å²) in [7, 11) is 0. The second-order valence-corrected chi connectivity index (χ2v) is 4.82. The molecule has 1 aliphatic heterocycles. The second kappa shape index (κ2) is 6.12. The summed E-state index contributed by atoms with van der Waals surface area (Å²) < 4.78 is 13.5. The second-order valence-electron chi connectivity index (χ2n) is 4.82. The highest BCUT2D eigenvalue weighted by Crippen LogP contribution is 2.21. The summed E-state index contributed by atoms with van der Waals surface area (Å²) in [5, 5.41) is 8.89. The molecule has 0 radical (unpaired) electrons. The summed E-state index contributed by atoms with van der Waals surface area (Å²) in [4.78, 5) is 2.30. The van der Waals surface area contributed by atoms with E-state index in [1.807, 2.05) is 12.1 Å². The van der Waals surface area contributed by atoms with E-state index >= 15 is 0 Å². The average molecular weight is 237 g/mol. The van der Waals surface area contributed by atoms with E-state index in [1.165, 1.54) is 6.07 Å². The van der Waals surface area contributed by atoms with Gasteiger partial charge >= 0.3 is 0 Å². The highest BCUT2D eigenvalue weighted by Gasteiger charge is 2.19. The van der Waals surface area contributed by atoms with Gasteiger partial charge < -0.3 is 5.11 Å². The van der Waals surface area contributed by atoms with Crippen molar-refractivity contribution in [3.63, 3.8) is 0 Å². The highest BCUT2D eigenvalue weighted by molar-refractivity contribution is 5.17. The Kier molecular flexibility index (Phi) is 4.51. The molecule has 0 atom stereocenters. The van der Waals surface area contributed by atoms with Crippen LogP contribution in [0.1, 0.15) is 24.8 Å². The normalized spacial score (nSPS) is 18.5. The maximum absolute atomic E-state index is 13.5. The molecular formula is C14H20FNO. The molecule has 1 saturated heterocycles. The fraction of sp³-hybridized carbons (Fsp3) is 0.571. The van der Waals surface area contributed by atoms with Gasteiger partial charge in [0, 0.05) is 18.7 Å². The molecule has 0 unspecified atom stereocenters. The van der Waals surface area contributed by atoms with E-state index in [1.54, 1.807) is 6.07 Å². The minimum absolute atomic E-state index is 0.106. The van der Waals surface area contributed by atoms with Crippen LogP contribution in [0.25, 0.3) is 0 Å². The van der Waals surface area contributed by atoms with Gasteiger partial charge in [0.1, 0.15) is 5.82 Å². The molecule has 1 fully saturated rings. The Morgan fingerprint density at radius 2 is 1.94 bits per heavy atom. The smallest absolute Gasteiger partial charge is 0.127 e. The fourth-order valence-electron chi connectivity index (χ4n) is 2.48. The number of benzene rings is 1. The standard InChI is InChI=1S/C14H20FNO/c15-14-4-2-1-3-13(14)11-16-8-5-12(6-9-16)7-10-17/h1-4,12,17H,5-11H2. The van der Waals surface area contributed by atoms with E-state index in [0.29, 0.717) is 12.5 Å². The highest BCUT2D eigenvalue weighted by atomic mass is 19.1. The maximum atomic E-state index is 13.5. The molecule has 0 aromatic heterocycles. The van der Waals surface area contributed by atoms with E-state index in [4.69, 9.17) is 5.11 Å². The van der Waals surface area contributed by atoms with Gasteiger partial charge in [0.25, 0.3) is 0 Å². The number of halogens is 1. The topological polar surface area (TPSA) is 23.5 Å². The molecule has 1 heterocycles. The van der Waals surface area contributed by atoms with Gasteiger partial charge in [-0.15, -0.1) is 0 Å². The van der Waals surface area contributed by atoms with Crippen molar-refractivity contribution in [3.8, 4) is 0 Å². The first-order valence-electron chi connectivity index (χ1n) is 6.36. The molecule has 1 aromatic carbocycles. The number of likely N-dealkylation sites (tertiary alicyclic amines) is 1. The van der Waals surface area contributed by atoms with Gasteiger partial charge in [0.05, 0.1) is 0 Å². The molecule has 1 aromatic rings. The molecule has 2 rings (SSSR count). The molecule has 0 spiro atoms. The minimum Gasteiger partial charge on any atom is -0.396 e. The molecule has 2 nitrogen and oxygen atoms in total. The Labute approximate surface area is 102 Å². The summed E-state index contributed by atoms with van der Waals surface area (Å²) in [6, 6.07) is 6.99. The lowest BCUT2D eigenvalue weighted by molar-refractivity contribution is 0.152. The van der Waals surface area contributed by atoms with Crippen molar-refractivity contribution in [2.24, 2.45) is 5.92 Å². The number of rotatable bonds is 4. The number of hydrogen-bond acceptors (Lipinski definition) is 2. The first kappa shape index (κ1) is 12.5. The molecule has 17 heavy (non-hydrogen) atoms. The van der Waals surface area contributed by atoms with Crippen LogP contribution in [-0.2, 0) is 6.54 Å². The lowest BCUT2D eigenvalue weighted by atomic mass is 9.94. The Morgan fingerprint density at radius 3 is 2.59 bits per heavy atom. The molecule has 1 aliphatic rings. The molecule has 0 aliphatic carbocycles. The predicted molar refractivity (Wildman–Crippen MR) is 66.1 cm³/mol. The summed E-state index contributed by atoms with van der Waals surface area (Å²) in [5.74, 6) is 0.543. The quantitative estimate of drug-likeness (QED) is 0.869. The number of hydrogen-bond donors (Lipinski definition) is 1. The van der Waals surface area contributed by atoms with Gasteiger partial charge in [0.15, 0.2) is 0 Å². The molecule has 0 saturated carbocycles. The zero-order chi connectivity index (χ0) is 12.1. The van der Waals surface area contributed by atoms with Crippen LogP contribution in [0.5, 0.6) is 0 Å². The maximum Gasteiger partial charge on any atom is 0.127 e. The SMILES string of the molecule is OCCC1CCN(Cc2ccccc2F)CC1. The van der Waals surface area contributed by atoms with Crippen molar-refractivity contribution in [1.82, 2.24) is 4.90 Å². The zero-order valence-electron chi connectivity index (χ0n) is 10.1. The molecule has 3 heteroatoms. The van der Waals surface area contributed by atoms with Crippen molar-refractivity contribution >= 4 is 0 Å². The van der Waals surface area contributed by atoms with Crippen molar-refractivity contribution in [1.29, 1.82) is 0 Å². The molecule has 94 valence electrons. The van der Waals surface area contributed by atoms with Gasteiger partial charge in [-0.3, -0.25) is 4.90 Å². The number of piperidine rings is 1. The molecule has 0 bridgehead atoms. The van der Waals surface area contributed by atoms with Crippen LogP contribution in [0, 0.1) is 11.7 Å². The summed E-state index contributed by atoms with van der Waals surface area (Å²) in [6.07, 6.45) is 3.15. The Morgan fingerprint density at radius 1 is 1.24 bits per heavy atom. The van der Waals surface area contributed by atoms with Crippen LogP contribution < -0.4 is 0 Å². The van der Waals surface area contributed by atoms with E-state index in [2.05, 4.69) is 4.90 Å². The Balaban J connectivity index is 1.84. The minimum atomic E-state index is -0.106. The van der Waals surface area contributed by atoms with Gasteiger partial charge in [-0.1, -0.05) is 18.2 Å². The molecule has 1 N–H and O–H groups in total. The molecular weight excluding hydrogens is 217 g/mol. The summed E-state index contributed by atoms with van der Waals surface area (Å²) >= 11 is 0. The van der Waals surface area contributed by atoms with Crippen molar-refractivity contribution in [3.05, 3.63) is 35.6 Å². The monoisotopic (exact) mass is 237 g/mol. The van der Waals surface area contributed by atoms with E-state index in [0.717, 1.165) is 37.9 Å². The van der Waals surface area contributed by atoms with Crippen molar-refractivity contribution in [2.75, 3.05) is 19.7 Å². The third kappa shape index (κ3) is 3.51.